The van der Waals surface area contributed by atoms with Gasteiger partial charge in [0.05, 0.1) is 19.0 Å². The molecule has 0 aliphatic heterocycles. The van der Waals surface area contributed by atoms with E-state index in [1.54, 1.807) is 7.11 Å². The van der Waals surface area contributed by atoms with Crippen LogP contribution in [0.15, 0.2) is 79.5 Å². The summed E-state index contributed by atoms with van der Waals surface area (Å²) in [6.07, 6.45) is 8.62. The second kappa shape index (κ2) is 9.34. The lowest BCUT2D eigenvalue weighted by atomic mass is 10.1. The number of aryl methyl sites for hydroxylation is 1. The van der Waals surface area contributed by atoms with Gasteiger partial charge in [-0.1, -0.05) is 36.4 Å². The van der Waals surface area contributed by atoms with Crippen LogP contribution < -0.4 is 4.74 Å². The summed E-state index contributed by atoms with van der Waals surface area (Å²) in [7, 11) is 1.73. The molecule has 5 heteroatoms. The Labute approximate surface area is 171 Å². The number of para-hydroxylation sites is 1. The van der Waals surface area contributed by atoms with Gasteiger partial charge in [0, 0.05) is 55.7 Å². The van der Waals surface area contributed by atoms with E-state index >= 15 is 0 Å². The highest BCUT2D eigenvalue weighted by molar-refractivity contribution is 5.81. The molecule has 2 aromatic carbocycles. The number of methoxy groups -OCH3 is 1. The Morgan fingerprint density at radius 2 is 1.79 bits per heavy atom. The van der Waals surface area contributed by atoms with Gasteiger partial charge in [-0.2, -0.15) is 0 Å². The number of nitrogens with zero attached hydrogens (tertiary/aromatic N) is 4. The largest absolute Gasteiger partial charge is 0.496 e. The van der Waals surface area contributed by atoms with Crippen molar-refractivity contribution in [1.29, 1.82) is 0 Å². The van der Waals surface area contributed by atoms with Gasteiger partial charge in [-0.05, 0) is 30.2 Å². The van der Waals surface area contributed by atoms with Crippen molar-refractivity contribution in [2.24, 2.45) is 0 Å². The highest BCUT2D eigenvalue weighted by Crippen LogP contribution is 2.23. The van der Waals surface area contributed by atoms with Gasteiger partial charge >= 0.3 is 0 Å². The second-order valence-electron chi connectivity index (χ2n) is 7.16. The molecule has 0 N–H and O–H groups in total. The third-order valence-electron chi connectivity index (χ3n) is 5.17. The molecule has 0 spiro atoms. The second-order valence-corrected chi connectivity index (χ2v) is 7.16. The summed E-state index contributed by atoms with van der Waals surface area (Å²) in [5, 5.41) is 1.22. The molecule has 2 heterocycles. The van der Waals surface area contributed by atoms with Gasteiger partial charge in [-0.3, -0.25) is 9.88 Å². The summed E-state index contributed by atoms with van der Waals surface area (Å²) in [6.45, 7) is 3.64. The number of ether oxygens (including phenoxy) is 1. The number of pyridine rings is 1. The zero-order valence-corrected chi connectivity index (χ0v) is 16.7. The van der Waals surface area contributed by atoms with Crippen molar-refractivity contribution < 1.29 is 4.74 Å². The molecular weight excluding hydrogens is 360 g/mol. The van der Waals surface area contributed by atoms with Crippen molar-refractivity contribution in [2.45, 2.75) is 26.1 Å². The van der Waals surface area contributed by atoms with Gasteiger partial charge in [0.15, 0.2) is 0 Å². The first kappa shape index (κ1) is 19.2. The normalized spacial score (nSPS) is 11.2. The predicted octanol–water partition coefficient (Wildman–Crippen LogP) is 4.53. The van der Waals surface area contributed by atoms with Crippen LogP contribution >= 0.6 is 0 Å². The molecule has 0 saturated carbocycles. The zero-order chi connectivity index (χ0) is 19.9. The van der Waals surface area contributed by atoms with Gasteiger partial charge in [-0.15, -0.1) is 0 Å². The molecule has 0 saturated heterocycles. The first-order valence-electron chi connectivity index (χ1n) is 9.96. The number of benzene rings is 2. The zero-order valence-electron chi connectivity index (χ0n) is 16.7. The minimum absolute atomic E-state index is 0.838. The molecule has 5 nitrogen and oxygen atoms in total. The SMILES string of the molecule is COc1ccccc1CN(CCCn1ccnc1)Cc1cccc2ncccc12. The first-order chi connectivity index (χ1) is 14.3. The lowest BCUT2D eigenvalue weighted by molar-refractivity contribution is 0.245. The fourth-order valence-corrected chi connectivity index (χ4v) is 3.73. The molecule has 148 valence electrons. The molecule has 4 aromatic rings. The van der Waals surface area contributed by atoms with Crippen LogP contribution in [0.2, 0.25) is 0 Å². The van der Waals surface area contributed by atoms with Crippen LogP contribution in [0.25, 0.3) is 10.9 Å². The first-order valence-corrected chi connectivity index (χ1v) is 9.96. The summed E-state index contributed by atoms with van der Waals surface area (Å²) < 4.78 is 7.71. The van der Waals surface area contributed by atoms with Gasteiger partial charge in [0.2, 0.25) is 0 Å². The summed E-state index contributed by atoms with van der Waals surface area (Å²) >= 11 is 0. The Hall–Kier alpha value is -3.18. The van der Waals surface area contributed by atoms with E-state index in [0.29, 0.717) is 0 Å². The van der Waals surface area contributed by atoms with E-state index < -0.39 is 0 Å². The molecular formula is C24H26N4O. The summed E-state index contributed by atoms with van der Waals surface area (Å²) in [4.78, 5) is 11.1. The molecule has 0 atom stereocenters. The number of aromatic nitrogens is 3. The van der Waals surface area contributed by atoms with Crippen LogP contribution in [0.5, 0.6) is 5.75 Å². The van der Waals surface area contributed by atoms with E-state index in [4.69, 9.17) is 4.74 Å². The topological polar surface area (TPSA) is 43.2 Å². The standard InChI is InChI=1S/C24H26N4O/c1-29-24-11-3-2-7-21(24)18-28(15-6-14-27-16-13-25-19-27)17-20-8-4-10-23-22(20)9-5-12-26-23/h2-5,7-13,16,19H,6,14-15,17-18H2,1H3. The van der Waals surface area contributed by atoms with E-state index in [0.717, 1.165) is 43.9 Å². The molecule has 0 aliphatic rings. The summed E-state index contributed by atoms with van der Waals surface area (Å²) in [6, 6.07) is 18.8. The van der Waals surface area contributed by atoms with Crippen molar-refractivity contribution in [1.82, 2.24) is 19.4 Å². The third-order valence-corrected chi connectivity index (χ3v) is 5.17. The summed E-state index contributed by atoms with van der Waals surface area (Å²) in [5.41, 5.74) is 3.55. The minimum Gasteiger partial charge on any atom is -0.496 e. The van der Waals surface area contributed by atoms with E-state index in [1.165, 1.54) is 16.5 Å². The maximum atomic E-state index is 5.58. The number of fused-ring (bicyclic) bond motifs is 1. The number of rotatable bonds is 9. The van der Waals surface area contributed by atoms with E-state index in [2.05, 4.69) is 55.8 Å². The van der Waals surface area contributed by atoms with Crippen LogP contribution in [-0.2, 0) is 19.6 Å². The van der Waals surface area contributed by atoms with Crippen molar-refractivity contribution in [2.75, 3.05) is 13.7 Å². The van der Waals surface area contributed by atoms with Crippen LogP contribution in [0.4, 0.5) is 0 Å². The van der Waals surface area contributed by atoms with Crippen LogP contribution in [0.3, 0.4) is 0 Å². The van der Waals surface area contributed by atoms with Gasteiger partial charge in [0.25, 0.3) is 0 Å². The van der Waals surface area contributed by atoms with E-state index in [1.807, 2.05) is 43.1 Å². The molecule has 0 bridgehead atoms. The third kappa shape index (κ3) is 4.81. The molecule has 0 unspecified atom stereocenters. The Balaban J connectivity index is 1.54. The molecule has 2 aromatic heterocycles. The van der Waals surface area contributed by atoms with Gasteiger partial charge in [-0.25, -0.2) is 4.98 Å². The molecule has 0 aliphatic carbocycles. The highest BCUT2D eigenvalue weighted by atomic mass is 16.5. The van der Waals surface area contributed by atoms with Gasteiger partial charge < -0.3 is 9.30 Å². The number of hydrogen-bond acceptors (Lipinski definition) is 4. The maximum Gasteiger partial charge on any atom is 0.123 e. The van der Waals surface area contributed by atoms with E-state index in [-0.39, 0.29) is 0 Å². The molecule has 4 rings (SSSR count). The average Bonchev–Trinajstić information content (AvgIpc) is 3.28. The Bertz CT molecular complexity index is 1040. The smallest absolute Gasteiger partial charge is 0.123 e. The number of hydrogen-bond donors (Lipinski definition) is 0. The Morgan fingerprint density at radius 1 is 0.931 bits per heavy atom. The maximum absolute atomic E-state index is 5.58. The Morgan fingerprint density at radius 3 is 2.66 bits per heavy atom. The fraction of sp³-hybridized carbons (Fsp3) is 0.250. The summed E-state index contributed by atoms with van der Waals surface area (Å²) in [5.74, 6) is 0.937. The molecule has 29 heavy (non-hydrogen) atoms. The van der Waals surface area contributed by atoms with Crippen LogP contribution in [-0.4, -0.2) is 33.1 Å². The minimum atomic E-state index is 0.838. The van der Waals surface area contributed by atoms with Crippen LogP contribution in [0.1, 0.15) is 17.5 Å². The monoisotopic (exact) mass is 386 g/mol. The quantitative estimate of drug-likeness (QED) is 0.424. The number of imidazole rings is 1. The van der Waals surface area contributed by atoms with Crippen molar-refractivity contribution in [3.8, 4) is 5.75 Å². The lowest BCUT2D eigenvalue weighted by Crippen LogP contribution is -2.25. The fourth-order valence-electron chi connectivity index (χ4n) is 3.73. The highest BCUT2D eigenvalue weighted by Gasteiger charge is 2.12. The van der Waals surface area contributed by atoms with Crippen LogP contribution in [0, 0.1) is 0 Å². The molecule has 0 amide bonds. The predicted molar refractivity (Wildman–Crippen MR) is 116 cm³/mol. The van der Waals surface area contributed by atoms with E-state index in [9.17, 15) is 0 Å². The van der Waals surface area contributed by atoms with Crippen molar-refractivity contribution >= 4 is 10.9 Å². The average molecular weight is 386 g/mol. The van der Waals surface area contributed by atoms with Gasteiger partial charge in [0.1, 0.15) is 5.75 Å². The van der Waals surface area contributed by atoms with Crippen molar-refractivity contribution in [3.63, 3.8) is 0 Å². The molecule has 0 radical (unpaired) electrons. The lowest BCUT2D eigenvalue weighted by Gasteiger charge is -2.24. The van der Waals surface area contributed by atoms with Crippen molar-refractivity contribution in [3.05, 3.63) is 90.6 Å². The molecule has 0 fully saturated rings. The Kier molecular flexibility index (Phi) is 6.17.